The fourth-order valence-corrected chi connectivity index (χ4v) is 0.888. The number of nitrogens with zero attached hydrogens (tertiary/aromatic N) is 1. The van der Waals surface area contributed by atoms with Crippen LogP contribution in [-0.2, 0) is 9.53 Å². The Bertz CT molecular complexity index is 332. The molecule has 1 unspecified atom stereocenters. The predicted octanol–water partition coefficient (Wildman–Crippen LogP) is -1.20. The van der Waals surface area contributed by atoms with Crippen molar-refractivity contribution in [3.05, 3.63) is 0 Å². The van der Waals surface area contributed by atoms with Crippen molar-refractivity contribution in [3.63, 3.8) is 0 Å². The molecule has 0 aliphatic heterocycles. The van der Waals surface area contributed by atoms with Gasteiger partial charge in [0.2, 0.25) is 0 Å². The SMILES string of the molecule is C#CCNC(C(=O)OC)/C(C)=N/NC(N)=O. The van der Waals surface area contributed by atoms with Crippen LogP contribution in [0.5, 0.6) is 0 Å². The quantitative estimate of drug-likeness (QED) is 0.237. The topological polar surface area (TPSA) is 106 Å². The van der Waals surface area contributed by atoms with Crippen molar-refractivity contribution >= 4 is 17.7 Å². The summed E-state index contributed by atoms with van der Waals surface area (Å²) >= 11 is 0. The minimum absolute atomic E-state index is 0.170. The number of nitrogens with two attached hydrogens (primary N) is 1. The molecule has 0 aliphatic carbocycles. The Hall–Kier alpha value is -2.07. The molecular formula is C9H14N4O3. The predicted molar refractivity (Wildman–Crippen MR) is 58.5 cm³/mol. The molecule has 0 rings (SSSR count). The van der Waals surface area contributed by atoms with E-state index < -0.39 is 18.0 Å². The molecule has 2 amide bonds. The molecule has 0 radical (unpaired) electrons. The number of nitrogens with one attached hydrogen (secondary N) is 2. The van der Waals surface area contributed by atoms with Crippen molar-refractivity contribution in [2.45, 2.75) is 13.0 Å². The molecule has 0 bridgehead atoms. The lowest BCUT2D eigenvalue weighted by molar-refractivity contribution is -0.141. The number of hydrogen-bond donors (Lipinski definition) is 3. The highest BCUT2D eigenvalue weighted by atomic mass is 16.5. The summed E-state index contributed by atoms with van der Waals surface area (Å²) in [5.41, 5.74) is 7.12. The Morgan fingerprint density at radius 1 is 1.62 bits per heavy atom. The van der Waals surface area contributed by atoms with Crippen LogP contribution in [0.2, 0.25) is 0 Å². The van der Waals surface area contributed by atoms with Gasteiger partial charge in [0.05, 0.1) is 19.4 Å². The second kappa shape index (κ2) is 7.25. The van der Waals surface area contributed by atoms with Crippen LogP contribution in [0.1, 0.15) is 6.92 Å². The van der Waals surface area contributed by atoms with Gasteiger partial charge in [-0.1, -0.05) is 5.92 Å². The van der Waals surface area contributed by atoms with Crippen LogP contribution in [0.25, 0.3) is 0 Å². The zero-order valence-corrected chi connectivity index (χ0v) is 9.11. The molecule has 0 aromatic carbocycles. The van der Waals surface area contributed by atoms with E-state index in [4.69, 9.17) is 12.2 Å². The van der Waals surface area contributed by atoms with Crippen molar-refractivity contribution < 1.29 is 14.3 Å². The van der Waals surface area contributed by atoms with Gasteiger partial charge in [-0.2, -0.15) is 5.10 Å². The summed E-state index contributed by atoms with van der Waals surface area (Å²) in [6.45, 7) is 1.70. The van der Waals surface area contributed by atoms with Gasteiger partial charge in [0.1, 0.15) is 6.04 Å². The fourth-order valence-electron chi connectivity index (χ4n) is 0.888. The van der Waals surface area contributed by atoms with Gasteiger partial charge >= 0.3 is 12.0 Å². The van der Waals surface area contributed by atoms with Crippen LogP contribution >= 0.6 is 0 Å². The molecule has 1 atom stereocenters. The lowest BCUT2D eigenvalue weighted by Gasteiger charge is -2.14. The molecule has 16 heavy (non-hydrogen) atoms. The summed E-state index contributed by atoms with van der Waals surface area (Å²) in [6.07, 6.45) is 5.05. The molecule has 0 aromatic heterocycles. The second-order valence-electron chi connectivity index (χ2n) is 2.77. The number of methoxy groups -OCH3 is 1. The highest BCUT2D eigenvalue weighted by Crippen LogP contribution is 1.92. The Labute approximate surface area is 93.4 Å². The average molecular weight is 226 g/mol. The van der Waals surface area contributed by atoms with Crippen molar-refractivity contribution in [1.82, 2.24) is 10.7 Å². The van der Waals surface area contributed by atoms with E-state index in [-0.39, 0.29) is 6.54 Å². The Balaban J connectivity index is 4.61. The van der Waals surface area contributed by atoms with Gasteiger partial charge in [-0.15, -0.1) is 6.42 Å². The lowest BCUT2D eigenvalue weighted by atomic mass is 10.2. The van der Waals surface area contributed by atoms with Crippen molar-refractivity contribution in [1.29, 1.82) is 0 Å². The summed E-state index contributed by atoms with van der Waals surface area (Å²) in [5, 5.41) is 6.32. The van der Waals surface area contributed by atoms with Gasteiger partial charge in [0.25, 0.3) is 0 Å². The van der Waals surface area contributed by atoms with Gasteiger partial charge in [-0.3, -0.25) is 5.32 Å². The van der Waals surface area contributed by atoms with E-state index in [0.29, 0.717) is 5.71 Å². The Morgan fingerprint density at radius 2 is 2.25 bits per heavy atom. The van der Waals surface area contributed by atoms with Crippen LogP contribution < -0.4 is 16.5 Å². The molecule has 0 fully saturated rings. The van der Waals surface area contributed by atoms with E-state index in [0.717, 1.165) is 0 Å². The molecule has 88 valence electrons. The van der Waals surface area contributed by atoms with Crippen LogP contribution in [-0.4, -0.2) is 37.4 Å². The fraction of sp³-hybridized carbons (Fsp3) is 0.444. The summed E-state index contributed by atoms with van der Waals surface area (Å²) in [5.74, 6) is 1.76. The summed E-state index contributed by atoms with van der Waals surface area (Å²) < 4.78 is 4.54. The number of amides is 2. The van der Waals surface area contributed by atoms with Crippen molar-refractivity contribution in [2.24, 2.45) is 10.8 Å². The molecule has 0 heterocycles. The minimum atomic E-state index is -0.820. The standard InChI is InChI=1S/C9H14N4O3/c1-4-5-11-7(8(14)16-3)6(2)12-13-9(10)15/h1,7,11H,5H2,2-3H3,(H3,10,13,15)/b12-6+. The van der Waals surface area contributed by atoms with E-state index in [1.807, 2.05) is 5.43 Å². The van der Waals surface area contributed by atoms with Crippen LogP contribution in [0, 0.1) is 12.3 Å². The monoisotopic (exact) mass is 226 g/mol. The molecule has 0 aliphatic rings. The zero-order valence-electron chi connectivity index (χ0n) is 9.11. The number of carbonyl (C=O) groups is 2. The number of hydrogen-bond acceptors (Lipinski definition) is 5. The molecule has 7 nitrogen and oxygen atoms in total. The second-order valence-corrected chi connectivity index (χ2v) is 2.77. The van der Waals surface area contributed by atoms with Crippen LogP contribution in [0.15, 0.2) is 5.10 Å². The first-order chi connectivity index (χ1) is 7.52. The van der Waals surface area contributed by atoms with E-state index in [9.17, 15) is 9.59 Å². The van der Waals surface area contributed by atoms with Crippen LogP contribution in [0.4, 0.5) is 4.79 Å². The molecule has 0 spiro atoms. The highest BCUT2D eigenvalue weighted by molar-refractivity contribution is 6.05. The third kappa shape index (κ3) is 4.97. The number of ether oxygens (including phenoxy) is 1. The van der Waals surface area contributed by atoms with Gasteiger partial charge < -0.3 is 10.5 Å². The largest absolute Gasteiger partial charge is 0.468 e. The highest BCUT2D eigenvalue weighted by Gasteiger charge is 2.21. The maximum Gasteiger partial charge on any atom is 0.332 e. The Morgan fingerprint density at radius 3 is 2.69 bits per heavy atom. The van der Waals surface area contributed by atoms with E-state index in [1.54, 1.807) is 0 Å². The smallest absolute Gasteiger partial charge is 0.332 e. The van der Waals surface area contributed by atoms with Crippen LogP contribution in [0.3, 0.4) is 0 Å². The normalized spacial score (nSPS) is 12.4. The third-order valence-corrected chi connectivity index (χ3v) is 1.61. The molecular weight excluding hydrogens is 212 g/mol. The number of terminal acetylenes is 1. The lowest BCUT2D eigenvalue weighted by Crippen LogP contribution is -2.44. The summed E-state index contributed by atoms with van der Waals surface area (Å²) in [7, 11) is 1.24. The maximum absolute atomic E-state index is 11.3. The number of rotatable bonds is 5. The van der Waals surface area contributed by atoms with E-state index >= 15 is 0 Å². The first-order valence-corrected chi connectivity index (χ1v) is 4.37. The molecule has 0 saturated carbocycles. The zero-order chi connectivity index (χ0) is 12.6. The minimum Gasteiger partial charge on any atom is -0.468 e. The van der Waals surface area contributed by atoms with Crippen molar-refractivity contribution in [3.8, 4) is 12.3 Å². The van der Waals surface area contributed by atoms with Gasteiger partial charge in [0.15, 0.2) is 0 Å². The van der Waals surface area contributed by atoms with Gasteiger partial charge in [-0.25, -0.2) is 15.0 Å². The number of carbonyl (C=O) groups excluding carboxylic acids is 2. The molecule has 0 saturated heterocycles. The Kier molecular flexibility index (Phi) is 6.31. The van der Waals surface area contributed by atoms with Gasteiger partial charge in [0, 0.05) is 0 Å². The summed E-state index contributed by atoms with van der Waals surface area (Å²) in [6, 6.07) is -1.63. The molecule has 0 aromatic rings. The number of urea groups is 1. The van der Waals surface area contributed by atoms with E-state index in [2.05, 4.69) is 21.1 Å². The average Bonchev–Trinajstić information content (AvgIpc) is 2.26. The molecule has 7 heteroatoms. The third-order valence-electron chi connectivity index (χ3n) is 1.61. The summed E-state index contributed by atoms with van der Waals surface area (Å²) in [4.78, 5) is 21.7. The van der Waals surface area contributed by atoms with Crippen molar-refractivity contribution in [2.75, 3.05) is 13.7 Å². The van der Waals surface area contributed by atoms with Gasteiger partial charge in [-0.05, 0) is 6.92 Å². The molecule has 4 N–H and O–H groups in total. The first-order valence-electron chi connectivity index (χ1n) is 4.37. The maximum atomic E-state index is 11.3. The first kappa shape index (κ1) is 13.9. The van der Waals surface area contributed by atoms with E-state index in [1.165, 1.54) is 14.0 Å². The number of hydrazone groups is 1. The number of primary amides is 1. The number of esters is 1.